The molecule has 0 aromatic heterocycles. The summed E-state index contributed by atoms with van der Waals surface area (Å²) in [5.74, 6) is 1.08. The van der Waals surface area contributed by atoms with Gasteiger partial charge in [0.15, 0.2) is 0 Å². The zero-order valence-electron chi connectivity index (χ0n) is 12.9. The molecule has 1 aliphatic heterocycles. The lowest BCUT2D eigenvalue weighted by atomic mass is 9.94. The van der Waals surface area contributed by atoms with E-state index in [-0.39, 0.29) is 11.8 Å². The molecule has 22 heavy (non-hydrogen) atoms. The number of para-hydroxylation sites is 2. The minimum atomic E-state index is 0.127. The highest BCUT2D eigenvalue weighted by molar-refractivity contribution is 5.80. The SMILES string of the molecule is NC[C@H]1CCC[C@H]1C(=O)N1CCN(c2ccccc2O)CC1. The van der Waals surface area contributed by atoms with Crippen molar-refractivity contribution in [2.45, 2.75) is 19.3 Å². The lowest BCUT2D eigenvalue weighted by molar-refractivity contribution is -0.136. The van der Waals surface area contributed by atoms with Gasteiger partial charge in [0.05, 0.1) is 5.69 Å². The smallest absolute Gasteiger partial charge is 0.226 e. The number of rotatable bonds is 3. The molecule has 1 aliphatic carbocycles. The second-order valence-corrected chi connectivity index (χ2v) is 6.33. The molecule has 120 valence electrons. The summed E-state index contributed by atoms with van der Waals surface area (Å²) < 4.78 is 0. The van der Waals surface area contributed by atoms with Crippen molar-refractivity contribution in [3.8, 4) is 5.75 Å². The van der Waals surface area contributed by atoms with Crippen molar-refractivity contribution in [3.05, 3.63) is 24.3 Å². The molecule has 5 nitrogen and oxygen atoms in total. The predicted octanol–water partition coefficient (Wildman–Crippen LogP) is 1.42. The molecule has 1 aromatic rings. The van der Waals surface area contributed by atoms with Crippen LogP contribution >= 0.6 is 0 Å². The Morgan fingerprint density at radius 1 is 1.18 bits per heavy atom. The van der Waals surface area contributed by atoms with Gasteiger partial charge in [-0.15, -0.1) is 0 Å². The first kappa shape index (κ1) is 15.2. The van der Waals surface area contributed by atoms with Crippen molar-refractivity contribution in [1.82, 2.24) is 4.90 Å². The van der Waals surface area contributed by atoms with E-state index in [9.17, 15) is 9.90 Å². The number of piperazine rings is 1. The van der Waals surface area contributed by atoms with Gasteiger partial charge >= 0.3 is 0 Å². The first-order valence-corrected chi connectivity index (χ1v) is 8.22. The Bertz CT molecular complexity index is 526. The van der Waals surface area contributed by atoms with Gasteiger partial charge in [0.25, 0.3) is 0 Å². The van der Waals surface area contributed by atoms with Crippen LogP contribution in [0.1, 0.15) is 19.3 Å². The second kappa shape index (κ2) is 6.57. The summed E-state index contributed by atoms with van der Waals surface area (Å²) in [6.07, 6.45) is 3.20. The zero-order valence-corrected chi connectivity index (χ0v) is 12.9. The minimum Gasteiger partial charge on any atom is -0.506 e. The lowest BCUT2D eigenvalue weighted by Gasteiger charge is -2.38. The molecule has 1 heterocycles. The van der Waals surface area contributed by atoms with Gasteiger partial charge in [-0.3, -0.25) is 4.79 Å². The van der Waals surface area contributed by atoms with E-state index in [1.54, 1.807) is 6.07 Å². The van der Waals surface area contributed by atoms with Gasteiger partial charge < -0.3 is 20.6 Å². The van der Waals surface area contributed by atoms with Gasteiger partial charge in [-0.05, 0) is 37.4 Å². The van der Waals surface area contributed by atoms with Crippen molar-refractivity contribution >= 4 is 11.6 Å². The largest absolute Gasteiger partial charge is 0.506 e. The molecule has 0 spiro atoms. The normalized spacial score (nSPS) is 25.5. The van der Waals surface area contributed by atoms with E-state index in [1.807, 2.05) is 23.1 Å². The van der Waals surface area contributed by atoms with Crippen LogP contribution < -0.4 is 10.6 Å². The number of phenols is 1. The fourth-order valence-electron chi connectivity index (χ4n) is 3.78. The number of aromatic hydroxyl groups is 1. The number of hydrogen-bond acceptors (Lipinski definition) is 4. The molecule has 5 heteroatoms. The van der Waals surface area contributed by atoms with Crippen LogP contribution in [0.3, 0.4) is 0 Å². The number of carbonyl (C=O) groups is 1. The average Bonchev–Trinajstić information content (AvgIpc) is 3.03. The van der Waals surface area contributed by atoms with Gasteiger partial charge in [0.2, 0.25) is 5.91 Å². The van der Waals surface area contributed by atoms with Gasteiger partial charge in [0, 0.05) is 32.1 Å². The first-order chi connectivity index (χ1) is 10.7. The summed E-state index contributed by atoms with van der Waals surface area (Å²) >= 11 is 0. The summed E-state index contributed by atoms with van der Waals surface area (Å²) in [4.78, 5) is 16.8. The molecule has 1 saturated heterocycles. The molecule has 0 unspecified atom stereocenters. The monoisotopic (exact) mass is 303 g/mol. The van der Waals surface area contributed by atoms with Gasteiger partial charge in [-0.1, -0.05) is 18.6 Å². The van der Waals surface area contributed by atoms with Crippen molar-refractivity contribution in [3.63, 3.8) is 0 Å². The summed E-state index contributed by atoms with van der Waals surface area (Å²) in [5, 5.41) is 9.94. The van der Waals surface area contributed by atoms with Crippen molar-refractivity contribution in [1.29, 1.82) is 0 Å². The molecule has 0 bridgehead atoms. The number of anilines is 1. The van der Waals surface area contributed by atoms with Crippen LogP contribution in [0.2, 0.25) is 0 Å². The summed E-state index contributed by atoms with van der Waals surface area (Å²) in [5.41, 5.74) is 6.66. The first-order valence-electron chi connectivity index (χ1n) is 8.22. The second-order valence-electron chi connectivity index (χ2n) is 6.33. The lowest BCUT2D eigenvalue weighted by Crippen LogP contribution is -2.51. The van der Waals surface area contributed by atoms with Crippen molar-refractivity contribution in [2.75, 3.05) is 37.6 Å². The maximum absolute atomic E-state index is 12.7. The summed E-state index contributed by atoms with van der Waals surface area (Å²) in [6.45, 7) is 3.60. The Balaban J connectivity index is 1.60. The number of hydrogen-bond donors (Lipinski definition) is 2. The molecule has 2 aliphatic rings. The third-order valence-electron chi connectivity index (χ3n) is 5.09. The van der Waals surface area contributed by atoms with E-state index in [2.05, 4.69) is 4.90 Å². The van der Waals surface area contributed by atoms with Crippen LogP contribution in [0.25, 0.3) is 0 Å². The molecule has 2 atom stereocenters. The topological polar surface area (TPSA) is 69.8 Å². The van der Waals surface area contributed by atoms with Gasteiger partial charge in [-0.25, -0.2) is 0 Å². The van der Waals surface area contributed by atoms with Crippen LogP contribution in [-0.2, 0) is 4.79 Å². The van der Waals surface area contributed by atoms with Crippen LogP contribution in [-0.4, -0.2) is 48.6 Å². The van der Waals surface area contributed by atoms with Crippen LogP contribution in [0, 0.1) is 11.8 Å². The van der Waals surface area contributed by atoms with E-state index in [1.165, 1.54) is 0 Å². The number of amides is 1. The van der Waals surface area contributed by atoms with E-state index in [0.29, 0.717) is 18.2 Å². The Hall–Kier alpha value is -1.75. The Labute approximate surface area is 131 Å². The number of carbonyl (C=O) groups excluding carboxylic acids is 1. The molecular formula is C17H25N3O2. The quantitative estimate of drug-likeness (QED) is 0.886. The Kier molecular flexibility index (Phi) is 4.52. The van der Waals surface area contributed by atoms with E-state index < -0.39 is 0 Å². The molecule has 1 saturated carbocycles. The fraction of sp³-hybridized carbons (Fsp3) is 0.588. The van der Waals surface area contributed by atoms with Gasteiger partial charge in [-0.2, -0.15) is 0 Å². The van der Waals surface area contributed by atoms with E-state index in [0.717, 1.165) is 51.1 Å². The molecule has 2 fully saturated rings. The van der Waals surface area contributed by atoms with Crippen molar-refractivity contribution < 1.29 is 9.90 Å². The average molecular weight is 303 g/mol. The van der Waals surface area contributed by atoms with Crippen LogP contribution in [0.4, 0.5) is 5.69 Å². The van der Waals surface area contributed by atoms with Crippen molar-refractivity contribution in [2.24, 2.45) is 17.6 Å². The predicted molar refractivity (Wildman–Crippen MR) is 86.8 cm³/mol. The number of nitrogens with zero attached hydrogens (tertiary/aromatic N) is 2. The minimum absolute atomic E-state index is 0.127. The molecule has 1 amide bonds. The maximum atomic E-state index is 12.7. The highest BCUT2D eigenvalue weighted by atomic mass is 16.3. The Morgan fingerprint density at radius 2 is 1.91 bits per heavy atom. The molecule has 3 N–H and O–H groups in total. The molecule has 1 aromatic carbocycles. The highest BCUT2D eigenvalue weighted by Gasteiger charge is 2.35. The number of nitrogens with two attached hydrogens (primary N) is 1. The third-order valence-corrected chi connectivity index (χ3v) is 5.09. The third kappa shape index (κ3) is 2.90. The molecule has 0 radical (unpaired) electrons. The van der Waals surface area contributed by atoms with E-state index >= 15 is 0 Å². The summed E-state index contributed by atoms with van der Waals surface area (Å²) in [6, 6.07) is 7.38. The molecule has 3 rings (SSSR count). The Morgan fingerprint density at radius 3 is 2.59 bits per heavy atom. The number of phenolic OH excluding ortho intramolecular Hbond substituents is 1. The number of benzene rings is 1. The summed E-state index contributed by atoms with van der Waals surface area (Å²) in [7, 11) is 0. The maximum Gasteiger partial charge on any atom is 0.226 e. The highest BCUT2D eigenvalue weighted by Crippen LogP contribution is 2.33. The standard InChI is InChI=1S/C17H25N3O2/c18-12-13-4-3-5-14(13)17(22)20-10-8-19(9-11-20)15-6-1-2-7-16(15)21/h1-2,6-7,13-14,21H,3-5,8-12,18H2/t13-,14-/m1/s1. The molecular weight excluding hydrogens is 278 g/mol. The van der Waals surface area contributed by atoms with Crippen LogP contribution in [0.5, 0.6) is 5.75 Å². The van der Waals surface area contributed by atoms with E-state index in [4.69, 9.17) is 5.73 Å². The van der Waals surface area contributed by atoms with Crippen LogP contribution in [0.15, 0.2) is 24.3 Å². The van der Waals surface area contributed by atoms with Gasteiger partial charge in [0.1, 0.15) is 5.75 Å². The fourth-order valence-corrected chi connectivity index (χ4v) is 3.78. The zero-order chi connectivity index (χ0) is 15.5.